The van der Waals surface area contributed by atoms with Crippen LogP contribution in [0, 0.1) is 0 Å². The van der Waals surface area contributed by atoms with Crippen LogP contribution in [0.3, 0.4) is 0 Å². The van der Waals surface area contributed by atoms with Crippen molar-refractivity contribution in [2.75, 3.05) is 0 Å². The Bertz CT molecular complexity index is 721. The number of benzene rings is 2. The van der Waals surface area contributed by atoms with E-state index in [4.69, 9.17) is 5.73 Å². The summed E-state index contributed by atoms with van der Waals surface area (Å²) in [6.07, 6.45) is 0.210. The van der Waals surface area contributed by atoms with Crippen LogP contribution in [-0.2, 0) is 11.2 Å². The van der Waals surface area contributed by atoms with Gasteiger partial charge in [-0.25, -0.2) is 0 Å². The van der Waals surface area contributed by atoms with Crippen molar-refractivity contribution < 1.29 is 14.4 Å². The number of nitrogens with two attached hydrogens (primary N) is 1. The highest BCUT2D eigenvalue weighted by atomic mass is 16.2. The van der Waals surface area contributed by atoms with Gasteiger partial charge >= 0.3 is 0 Å². The molecule has 0 fully saturated rings. The monoisotopic (exact) mass is 294 g/mol. The van der Waals surface area contributed by atoms with Crippen molar-refractivity contribution in [3.8, 4) is 0 Å². The second kappa shape index (κ2) is 5.44. The average Bonchev–Trinajstić information content (AvgIpc) is 2.78. The van der Waals surface area contributed by atoms with Crippen LogP contribution in [0.4, 0.5) is 0 Å². The minimum absolute atomic E-state index is 0.210. The van der Waals surface area contributed by atoms with Gasteiger partial charge in [0.1, 0.15) is 6.04 Å². The number of hydrogen-bond donors (Lipinski definition) is 1. The van der Waals surface area contributed by atoms with Gasteiger partial charge in [0, 0.05) is 6.42 Å². The highest BCUT2D eigenvalue weighted by molar-refractivity contribution is 6.22. The standard InChI is InChI=1S/C17H14N2O3/c18-15(20)14(10-11-6-2-1-3-7-11)19-16(21)12-8-4-5-9-13(12)17(19)22/h1-9,14H,10H2,(H2,18,20)/t14-/m1/s1. The van der Waals surface area contributed by atoms with Crippen LogP contribution in [0.25, 0.3) is 0 Å². The van der Waals surface area contributed by atoms with E-state index in [1.165, 1.54) is 0 Å². The molecule has 3 rings (SSSR count). The number of carbonyl (C=O) groups excluding carboxylic acids is 3. The fraction of sp³-hybridized carbons (Fsp3) is 0.118. The molecule has 0 unspecified atom stereocenters. The Morgan fingerprint density at radius 1 is 0.909 bits per heavy atom. The third-order valence-electron chi connectivity index (χ3n) is 3.74. The first-order valence-electron chi connectivity index (χ1n) is 6.89. The summed E-state index contributed by atoms with van der Waals surface area (Å²) in [6, 6.07) is 14.7. The van der Waals surface area contributed by atoms with Gasteiger partial charge in [-0.1, -0.05) is 42.5 Å². The van der Waals surface area contributed by atoms with Crippen molar-refractivity contribution in [2.24, 2.45) is 5.73 Å². The highest BCUT2D eigenvalue weighted by Crippen LogP contribution is 2.25. The summed E-state index contributed by atoms with van der Waals surface area (Å²) in [5.41, 5.74) is 6.90. The molecule has 0 radical (unpaired) electrons. The Morgan fingerprint density at radius 2 is 1.41 bits per heavy atom. The summed E-state index contributed by atoms with van der Waals surface area (Å²) in [6.45, 7) is 0. The minimum atomic E-state index is -0.991. The molecule has 3 amide bonds. The van der Waals surface area contributed by atoms with Gasteiger partial charge in [0.2, 0.25) is 5.91 Å². The molecule has 0 aromatic heterocycles. The Morgan fingerprint density at radius 3 is 1.91 bits per heavy atom. The van der Waals surface area contributed by atoms with E-state index in [-0.39, 0.29) is 6.42 Å². The Hall–Kier alpha value is -2.95. The maximum Gasteiger partial charge on any atom is 0.262 e. The van der Waals surface area contributed by atoms with E-state index in [1.807, 2.05) is 30.3 Å². The van der Waals surface area contributed by atoms with Crippen LogP contribution < -0.4 is 5.73 Å². The lowest BCUT2D eigenvalue weighted by Gasteiger charge is -2.23. The fourth-order valence-electron chi connectivity index (χ4n) is 2.65. The maximum absolute atomic E-state index is 12.4. The molecular formula is C17H14N2O3. The summed E-state index contributed by atoms with van der Waals surface area (Å²) in [5, 5.41) is 0. The zero-order valence-corrected chi connectivity index (χ0v) is 11.7. The van der Waals surface area contributed by atoms with Crippen LogP contribution in [0.1, 0.15) is 26.3 Å². The van der Waals surface area contributed by atoms with E-state index in [2.05, 4.69) is 0 Å². The predicted octanol–water partition coefficient (Wildman–Crippen LogP) is 1.38. The first-order valence-corrected chi connectivity index (χ1v) is 6.89. The topological polar surface area (TPSA) is 80.5 Å². The van der Waals surface area contributed by atoms with Gasteiger partial charge in [0.05, 0.1) is 11.1 Å². The quantitative estimate of drug-likeness (QED) is 0.865. The summed E-state index contributed by atoms with van der Waals surface area (Å²) >= 11 is 0. The average molecular weight is 294 g/mol. The van der Waals surface area contributed by atoms with E-state index >= 15 is 0 Å². The van der Waals surface area contributed by atoms with Crippen molar-refractivity contribution in [3.05, 3.63) is 71.3 Å². The zero-order valence-electron chi connectivity index (χ0n) is 11.7. The molecule has 1 aliphatic heterocycles. The molecule has 0 bridgehead atoms. The Labute approximate surface area is 127 Å². The van der Waals surface area contributed by atoms with Crippen molar-refractivity contribution in [2.45, 2.75) is 12.5 Å². The van der Waals surface area contributed by atoms with Crippen molar-refractivity contribution in [1.82, 2.24) is 4.90 Å². The van der Waals surface area contributed by atoms with Crippen molar-refractivity contribution >= 4 is 17.7 Å². The van der Waals surface area contributed by atoms with Gasteiger partial charge in [-0.15, -0.1) is 0 Å². The van der Waals surface area contributed by atoms with Gasteiger partial charge in [0.25, 0.3) is 11.8 Å². The number of imide groups is 1. The first-order chi connectivity index (χ1) is 10.6. The van der Waals surface area contributed by atoms with Crippen LogP contribution in [0.5, 0.6) is 0 Å². The molecule has 2 aromatic rings. The highest BCUT2D eigenvalue weighted by Gasteiger charge is 2.41. The lowest BCUT2D eigenvalue weighted by molar-refractivity contribution is -0.121. The van der Waals surface area contributed by atoms with E-state index in [0.29, 0.717) is 11.1 Å². The SMILES string of the molecule is NC(=O)[C@@H](Cc1ccccc1)N1C(=O)c2ccccc2C1=O. The summed E-state index contributed by atoms with van der Waals surface area (Å²) < 4.78 is 0. The molecular weight excluding hydrogens is 280 g/mol. The van der Waals surface area contributed by atoms with Crippen LogP contribution >= 0.6 is 0 Å². The van der Waals surface area contributed by atoms with E-state index < -0.39 is 23.8 Å². The first kappa shape index (κ1) is 14.0. The predicted molar refractivity (Wildman–Crippen MR) is 80.1 cm³/mol. The maximum atomic E-state index is 12.4. The number of hydrogen-bond acceptors (Lipinski definition) is 3. The second-order valence-corrected chi connectivity index (χ2v) is 5.13. The lowest BCUT2D eigenvalue weighted by atomic mass is 10.0. The van der Waals surface area contributed by atoms with Crippen LogP contribution in [-0.4, -0.2) is 28.7 Å². The lowest BCUT2D eigenvalue weighted by Crippen LogP contribution is -2.49. The molecule has 0 saturated heterocycles. The largest absolute Gasteiger partial charge is 0.368 e. The zero-order chi connectivity index (χ0) is 15.7. The molecule has 1 aliphatic rings. The number of nitrogens with zero attached hydrogens (tertiary/aromatic N) is 1. The third kappa shape index (κ3) is 2.26. The molecule has 110 valence electrons. The number of rotatable bonds is 4. The van der Waals surface area contributed by atoms with Crippen LogP contribution in [0.15, 0.2) is 54.6 Å². The molecule has 0 spiro atoms. The fourth-order valence-corrected chi connectivity index (χ4v) is 2.65. The number of carbonyl (C=O) groups is 3. The van der Waals surface area contributed by atoms with Gasteiger partial charge in [-0.05, 0) is 17.7 Å². The second-order valence-electron chi connectivity index (χ2n) is 5.13. The number of amides is 3. The summed E-state index contributed by atoms with van der Waals surface area (Å²) in [5.74, 6) is -1.64. The van der Waals surface area contributed by atoms with Crippen molar-refractivity contribution in [3.63, 3.8) is 0 Å². The molecule has 1 heterocycles. The third-order valence-corrected chi connectivity index (χ3v) is 3.74. The van der Waals surface area contributed by atoms with Crippen molar-refractivity contribution in [1.29, 1.82) is 0 Å². The van der Waals surface area contributed by atoms with E-state index in [9.17, 15) is 14.4 Å². The molecule has 0 aliphatic carbocycles. The normalized spacial score (nSPS) is 14.8. The molecule has 1 atom stereocenters. The molecule has 5 heteroatoms. The van der Waals surface area contributed by atoms with Gasteiger partial charge in [-0.2, -0.15) is 0 Å². The van der Waals surface area contributed by atoms with Gasteiger partial charge < -0.3 is 5.73 Å². The summed E-state index contributed by atoms with van der Waals surface area (Å²) in [7, 11) is 0. The smallest absolute Gasteiger partial charge is 0.262 e. The molecule has 2 N–H and O–H groups in total. The minimum Gasteiger partial charge on any atom is -0.368 e. The molecule has 22 heavy (non-hydrogen) atoms. The Kier molecular flexibility index (Phi) is 3.47. The molecule has 2 aromatic carbocycles. The van der Waals surface area contributed by atoms with Gasteiger partial charge in [-0.3, -0.25) is 19.3 Å². The van der Waals surface area contributed by atoms with E-state index in [0.717, 1.165) is 10.5 Å². The Balaban J connectivity index is 1.95. The summed E-state index contributed by atoms with van der Waals surface area (Å²) in [4.78, 5) is 37.7. The number of fused-ring (bicyclic) bond motifs is 1. The van der Waals surface area contributed by atoms with Gasteiger partial charge in [0.15, 0.2) is 0 Å². The van der Waals surface area contributed by atoms with E-state index in [1.54, 1.807) is 24.3 Å². The molecule has 5 nitrogen and oxygen atoms in total. The molecule has 0 saturated carbocycles. The van der Waals surface area contributed by atoms with Crippen LogP contribution in [0.2, 0.25) is 0 Å². The number of primary amides is 1.